The molecule has 1 aromatic carbocycles. The number of para-hydroxylation sites is 2. The number of allylic oxidation sites excluding steroid dienone is 1. The molecule has 3 aromatic heterocycles. The second kappa shape index (κ2) is 10.7. The van der Waals surface area contributed by atoms with Crippen LogP contribution in [0, 0.1) is 0 Å². The number of hydrogen-bond acceptors (Lipinski definition) is 9. The maximum Gasteiger partial charge on any atom is 0.263 e. The quantitative estimate of drug-likeness (QED) is 0.198. The monoisotopic (exact) mass is 497 g/mol. The fraction of sp³-hybridized carbons (Fsp3) is 0.261. The zero-order chi connectivity index (χ0) is 24.1. The van der Waals surface area contributed by atoms with Crippen LogP contribution in [0.5, 0.6) is 5.75 Å². The van der Waals surface area contributed by atoms with Gasteiger partial charge in [0.05, 0.1) is 30.4 Å². The van der Waals surface area contributed by atoms with Gasteiger partial charge < -0.3 is 14.6 Å². The lowest BCUT2D eigenvalue weighted by Gasteiger charge is -2.08. The highest BCUT2D eigenvalue weighted by Gasteiger charge is 2.17. The Morgan fingerprint density at radius 1 is 1.35 bits per heavy atom. The Kier molecular flexibility index (Phi) is 7.43. The third kappa shape index (κ3) is 5.20. The van der Waals surface area contributed by atoms with Crippen molar-refractivity contribution < 1.29 is 14.1 Å². The molecule has 9 nitrogen and oxygen atoms in total. The largest absolute Gasteiger partial charge is 0.495 e. The number of nitrogens with zero attached hydrogens (tertiary/aromatic N) is 4. The van der Waals surface area contributed by atoms with Crippen LogP contribution in [-0.4, -0.2) is 32.7 Å². The minimum atomic E-state index is -0.291. The first kappa shape index (κ1) is 23.7. The molecule has 0 spiro atoms. The second-order valence-corrected chi connectivity index (χ2v) is 9.26. The summed E-state index contributed by atoms with van der Waals surface area (Å²) in [6.45, 7) is 6.14. The van der Waals surface area contributed by atoms with Gasteiger partial charge in [-0.3, -0.25) is 14.2 Å². The number of anilines is 1. The summed E-state index contributed by atoms with van der Waals surface area (Å²) in [6, 6.07) is 9.04. The van der Waals surface area contributed by atoms with Gasteiger partial charge in [0.25, 0.3) is 5.56 Å². The standard InChI is InChI=1S/C23H23N5O4S2/c1-4-10-28-22(30)15-11-14(5-2)34-21(15)26-23(28)33-13-20-25-18(27-32-20)12-19(29)24-16-8-6-7-9-17(16)31-3/h4,6-9,11H,1,5,10,12-13H2,2-3H3,(H,24,29). The Hall–Kier alpha value is -3.44. The van der Waals surface area contributed by atoms with Gasteiger partial charge in [0.15, 0.2) is 11.0 Å². The Labute approximate surface area is 203 Å². The average Bonchev–Trinajstić information content (AvgIpc) is 3.46. The summed E-state index contributed by atoms with van der Waals surface area (Å²) in [5.41, 5.74) is 0.471. The predicted octanol–water partition coefficient (Wildman–Crippen LogP) is 4.07. The molecule has 1 N–H and O–H groups in total. The van der Waals surface area contributed by atoms with Gasteiger partial charge in [-0.1, -0.05) is 42.1 Å². The number of nitrogens with one attached hydrogen (secondary N) is 1. The molecule has 0 aliphatic rings. The van der Waals surface area contributed by atoms with E-state index in [-0.39, 0.29) is 23.7 Å². The number of carbonyl (C=O) groups is 1. The molecule has 0 unspecified atom stereocenters. The van der Waals surface area contributed by atoms with Crippen LogP contribution in [0.3, 0.4) is 0 Å². The fourth-order valence-electron chi connectivity index (χ4n) is 3.25. The molecule has 0 aliphatic carbocycles. The Morgan fingerprint density at radius 3 is 2.94 bits per heavy atom. The minimum Gasteiger partial charge on any atom is -0.495 e. The van der Waals surface area contributed by atoms with E-state index in [1.54, 1.807) is 28.8 Å². The predicted molar refractivity (Wildman–Crippen MR) is 133 cm³/mol. The Bertz CT molecular complexity index is 1390. The van der Waals surface area contributed by atoms with Crippen molar-refractivity contribution in [1.82, 2.24) is 19.7 Å². The highest BCUT2D eigenvalue weighted by Crippen LogP contribution is 2.27. The molecule has 0 saturated heterocycles. The van der Waals surface area contributed by atoms with Crippen molar-refractivity contribution in [3.63, 3.8) is 0 Å². The molecule has 0 saturated carbocycles. The number of thiophene rings is 1. The number of ether oxygens (including phenoxy) is 1. The van der Waals surface area contributed by atoms with Crippen molar-refractivity contribution in [2.24, 2.45) is 0 Å². The Balaban J connectivity index is 1.45. The number of rotatable bonds is 10. The van der Waals surface area contributed by atoms with E-state index in [1.807, 2.05) is 19.1 Å². The van der Waals surface area contributed by atoms with Crippen LogP contribution in [-0.2, 0) is 29.9 Å². The number of hydrogen-bond donors (Lipinski definition) is 1. The first-order valence-electron chi connectivity index (χ1n) is 10.5. The first-order valence-corrected chi connectivity index (χ1v) is 12.3. The lowest BCUT2D eigenvalue weighted by molar-refractivity contribution is -0.115. The molecule has 4 aromatic rings. The van der Waals surface area contributed by atoms with Crippen molar-refractivity contribution >= 4 is 44.9 Å². The summed E-state index contributed by atoms with van der Waals surface area (Å²) in [5.74, 6) is 1.18. The summed E-state index contributed by atoms with van der Waals surface area (Å²) < 4.78 is 12.1. The summed E-state index contributed by atoms with van der Waals surface area (Å²) in [5, 5.41) is 7.85. The third-order valence-corrected chi connectivity index (χ3v) is 7.00. The van der Waals surface area contributed by atoms with Crippen LogP contribution in [0.25, 0.3) is 10.2 Å². The van der Waals surface area contributed by atoms with Crippen molar-refractivity contribution in [3.05, 3.63) is 69.9 Å². The van der Waals surface area contributed by atoms with Crippen LogP contribution in [0.4, 0.5) is 5.69 Å². The van der Waals surface area contributed by atoms with Gasteiger partial charge >= 0.3 is 0 Å². The van der Waals surface area contributed by atoms with Crippen LogP contribution in [0.2, 0.25) is 0 Å². The van der Waals surface area contributed by atoms with Crippen molar-refractivity contribution in [2.45, 2.75) is 37.2 Å². The topological polar surface area (TPSA) is 112 Å². The molecule has 0 atom stereocenters. The van der Waals surface area contributed by atoms with Gasteiger partial charge in [-0.25, -0.2) is 4.98 Å². The summed E-state index contributed by atoms with van der Waals surface area (Å²) >= 11 is 2.84. The zero-order valence-corrected chi connectivity index (χ0v) is 20.4. The molecule has 0 aliphatic heterocycles. The van der Waals surface area contributed by atoms with Gasteiger partial charge in [-0.15, -0.1) is 17.9 Å². The molecule has 4 rings (SSSR count). The molecular weight excluding hydrogens is 474 g/mol. The lowest BCUT2D eigenvalue weighted by atomic mass is 10.2. The van der Waals surface area contributed by atoms with Gasteiger partial charge in [0.2, 0.25) is 11.8 Å². The van der Waals surface area contributed by atoms with Gasteiger partial charge in [0.1, 0.15) is 10.6 Å². The number of aromatic nitrogens is 4. The zero-order valence-electron chi connectivity index (χ0n) is 18.7. The highest BCUT2D eigenvalue weighted by atomic mass is 32.2. The number of thioether (sulfide) groups is 1. The Morgan fingerprint density at radius 2 is 2.18 bits per heavy atom. The number of amides is 1. The van der Waals surface area contributed by atoms with Crippen LogP contribution in [0.1, 0.15) is 23.5 Å². The smallest absolute Gasteiger partial charge is 0.263 e. The van der Waals surface area contributed by atoms with Gasteiger partial charge in [-0.05, 0) is 24.6 Å². The summed E-state index contributed by atoms with van der Waals surface area (Å²) in [7, 11) is 1.54. The first-order chi connectivity index (χ1) is 16.5. The van der Waals surface area contributed by atoms with Gasteiger partial charge in [0, 0.05) is 11.4 Å². The van der Waals surface area contributed by atoms with E-state index in [0.717, 1.165) is 11.3 Å². The van der Waals surface area contributed by atoms with Crippen molar-refractivity contribution in [3.8, 4) is 5.75 Å². The van der Waals surface area contributed by atoms with Crippen molar-refractivity contribution in [2.75, 3.05) is 12.4 Å². The van der Waals surface area contributed by atoms with Crippen LogP contribution >= 0.6 is 23.1 Å². The average molecular weight is 498 g/mol. The molecule has 0 radical (unpaired) electrons. The molecule has 176 valence electrons. The van der Waals surface area contributed by atoms with Crippen molar-refractivity contribution in [1.29, 1.82) is 0 Å². The highest BCUT2D eigenvalue weighted by molar-refractivity contribution is 7.98. The molecule has 3 heterocycles. The maximum atomic E-state index is 13.0. The number of fused-ring (bicyclic) bond motifs is 1. The fourth-order valence-corrected chi connectivity index (χ4v) is 5.11. The van der Waals surface area contributed by atoms with Crippen LogP contribution in [0.15, 0.2) is 57.5 Å². The van der Waals surface area contributed by atoms with E-state index in [0.29, 0.717) is 45.0 Å². The maximum absolute atomic E-state index is 13.0. The number of benzene rings is 1. The molecule has 11 heteroatoms. The molecular formula is C23H23N5O4S2. The van der Waals surface area contributed by atoms with E-state index in [9.17, 15) is 9.59 Å². The lowest BCUT2D eigenvalue weighted by Crippen LogP contribution is -2.22. The molecule has 1 amide bonds. The van der Waals surface area contributed by atoms with E-state index >= 15 is 0 Å². The van der Waals surface area contributed by atoms with Crippen LogP contribution < -0.4 is 15.6 Å². The minimum absolute atomic E-state index is 0.0490. The van der Waals surface area contributed by atoms with Gasteiger partial charge in [-0.2, -0.15) is 4.98 Å². The number of methoxy groups -OCH3 is 1. The van der Waals surface area contributed by atoms with E-state index < -0.39 is 0 Å². The van der Waals surface area contributed by atoms with E-state index in [1.165, 1.54) is 30.2 Å². The molecule has 0 fully saturated rings. The van der Waals surface area contributed by atoms with E-state index in [4.69, 9.17) is 9.26 Å². The molecule has 34 heavy (non-hydrogen) atoms. The molecule has 0 bridgehead atoms. The third-order valence-electron chi connectivity index (χ3n) is 4.86. The SMILES string of the molecule is C=CCn1c(SCc2nc(CC(=O)Nc3ccccc3OC)no2)nc2sc(CC)cc2c1=O. The normalized spacial score (nSPS) is 11.0. The summed E-state index contributed by atoms with van der Waals surface area (Å²) in [4.78, 5) is 36.2. The second-order valence-electron chi connectivity index (χ2n) is 7.20. The van der Waals surface area contributed by atoms with E-state index in [2.05, 4.69) is 27.0 Å². The number of carbonyl (C=O) groups excluding carboxylic acids is 1. The number of aryl methyl sites for hydroxylation is 1. The summed E-state index contributed by atoms with van der Waals surface area (Å²) in [6.07, 6.45) is 2.46.